The SMILES string of the molecule is CC(O)c1ccc2[nH]c(O)c(N=Nc3ccc(S(N)(=O)=O)cc3)c2c1. The number of aromatic amines is 1. The van der Waals surface area contributed by atoms with Crippen molar-refractivity contribution in [2.45, 2.75) is 17.9 Å². The second-order valence-electron chi connectivity index (χ2n) is 5.54. The molecule has 5 N–H and O–H groups in total. The molecule has 25 heavy (non-hydrogen) atoms. The fourth-order valence-electron chi connectivity index (χ4n) is 2.35. The number of benzene rings is 2. The molecule has 0 amide bonds. The van der Waals surface area contributed by atoms with Gasteiger partial charge in [0.05, 0.1) is 22.2 Å². The van der Waals surface area contributed by atoms with E-state index in [2.05, 4.69) is 15.2 Å². The Hall–Kier alpha value is -2.75. The van der Waals surface area contributed by atoms with Crippen molar-refractivity contribution in [3.05, 3.63) is 48.0 Å². The van der Waals surface area contributed by atoms with E-state index in [1.807, 2.05) is 0 Å². The van der Waals surface area contributed by atoms with Crippen LogP contribution in [0.1, 0.15) is 18.6 Å². The van der Waals surface area contributed by atoms with Crippen LogP contribution in [0.3, 0.4) is 0 Å². The third-order valence-corrected chi connectivity index (χ3v) is 4.62. The average Bonchev–Trinajstić information content (AvgIpc) is 2.87. The predicted octanol–water partition coefficient (Wildman–Crippen LogP) is 2.99. The fraction of sp³-hybridized carbons (Fsp3) is 0.125. The van der Waals surface area contributed by atoms with Gasteiger partial charge in [0.2, 0.25) is 15.9 Å². The van der Waals surface area contributed by atoms with Crippen LogP contribution in [0.5, 0.6) is 5.88 Å². The van der Waals surface area contributed by atoms with Crippen molar-refractivity contribution in [1.82, 2.24) is 4.98 Å². The summed E-state index contributed by atoms with van der Waals surface area (Å²) in [7, 11) is -3.77. The van der Waals surface area contributed by atoms with Gasteiger partial charge in [-0.05, 0) is 48.9 Å². The van der Waals surface area contributed by atoms with Gasteiger partial charge in [-0.25, -0.2) is 13.6 Å². The molecule has 8 nitrogen and oxygen atoms in total. The smallest absolute Gasteiger partial charge is 0.238 e. The minimum atomic E-state index is -3.77. The van der Waals surface area contributed by atoms with Crippen LogP contribution < -0.4 is 5.14 Å². The zero-order chi connectivity index (χ0) is 18.2. The lowest BCUT2D eigenvalue weighted by Gasteiger charge is -2.03. The normalized spacial score (nSPS) is 13.6. The van der Waals surface area contributed by atoms with Gasteiger partial charge in [0.25, 0.3) is 0 Å². The number of azo groups is 1. The Kier molecular flexibility index (Phi) is 4.29. The molecule has 1 heterocycles. The van der Waals surface area contributed by atoms with Crippen LogP contribution in [0.25, 0.3) is 10.9 Å². The van der Waals surface area contributed by atoms with Crippen molar-refractivity contribution < 1.29 is 18.6 Å². The molecule has 0 spiro atoms. The largest absolute Gasteiger partial charge is 0.493 e. The highest BCUT2D eigenvalue weighted by Gasteiger charge is 2.13. The van der Waals surface area contributed by atoms with E-state index in [0.29, 0.717) is 22.2 Å². The summed E-state index contributed by atoms with van der Waals surface area (Å²) in [5.41, 5.74) is 1.96. The van der Waals surface area contributed by atoms with Gasteiger partial charge >= 0.3 is 0 Å². The minimum absolute atomic E-state index is 0.0250. The number of aliphatic hydroxyl groups excluding tert-OH is 1. The molecule has 0 aliphatic heterocycles. The molecule has 1 aromatic heterocycles. The second kappa shape index (κ2) is 6.28. The highest BCUT2D eigenvalue weighted by molar-refractivity contribution is 7.89. The highest BCUT2D eigenvalue weighted by Crippen LogP contribution is 2.37. The number of aromatic hydroxyl groups is 1. The number of hydrogen-bond acceptors (Lipinski definition) is 6. The van der Waals surface area contributed by atoms with Crippen LogP contribution in [-0.4, -0.2) is 23.6 Å². The molecule has 2 aromatic carbocycles. The van der Waals surface area contributed by atoms with E-state index in [9.17, 15) is 18.6 Å². The summed E-state index contributed by atoms with van der Waals surface area (Å²) in [5.74, 6) is -0.150. The van der Waals surface area contributed by atoms with E-state index in [1.54, 1.807) is 25.1 Å². The van der Waals surface area contributed by atoms with Crippen molar-refractivity contribution in [2.24, 2.45) is 15.4 Å². The zero-order valence-electron chi connectivity index (χ0n) is 13.2. The number of H-pyrrole nitrogens is 1. The minimum Gasteiger partial charge on any atom is -0.493 e. The maximum Gasteiger partial charge on any atom is 0.238 e. The molecule has 9 heteroatoms. The number of hydrogen-bond donors (Lipinski definition) is 4. The van der Waals surface area contributed by atoms with E-state index in [1.165, 1.54) is 24.3 Å². The summed E-state index contributed by atoms with van der Waals surface area (Å²) in [6.45, 7) is 1.64. The van der Waals surface area contributed by atoms with Gasteiger partial charge in [0, 0.05) is 5.39 Å². The van der Waals surface area contributed by atoms with E-state index in [0.717, 1.165) is 0 Å². The predicted molar refractivity (Wildman–Crippen MR) is 92.6 cm³/mol. The first kappa shape index (κ1) is 17.1. The lowest BCUT2D eigenvalue weighted by Crippen LogP contribution is -2.11. The van der Waals surface area contributed by atoms with Crippen LogP contribution >= 0.6 is 0 Å². The third-order valence-electron chi connectivity index (χ3n) is 3.69. The van der Waals surface area contributed by atoms with Gasteiger partial charge in [0.15, 0.2) is 5.69 Å². The summed E-state index contributed by atoms with van der Waals surface area (Å²) in [6.07, 6.45) is -0.656. The number of nitrogens with two attached hydrogens (primary N) is 1. The topological polar surface area (TPSA) is 141 Å². The summed E-state index contributed by atoms with van der Waals surface area (Å²) < 4.78 is 22.5. The van der Waals surface area contributed by atoms with Crippen LogP contribution in [0.2, 0.25) is 0 Å². The summed E-state index contributed by atoms with van der Waals surface area (Å²) in [5, 5.41) is 33.4. The summed E-state index contributed by atoms with van der Waals surface area (Å²) in [4.78, 5) is 2.76. The number of sulfonamides is 1. The van der Waals surface area contributed by atoms with Crippen LogP contribution in [0.4, 0.5) is 11.4 Å². The number of primary sulfonamides is 1. The van der Waals surface area contributed by atoms with E-state index < -0.39 is 16.1 Å². The summed E-state index contributed by atoms with van der Waals surface area (Å²) >= 11 is 0. The number of nitrogens with one attached hydrogen (secondary N) is 1. The number of aliphatic hydroxyl groups is 1. The van der Waals surface area contributed by atoms with E-state index >= 15 is 0 Å². The zero-order valence-corrected chi connectivity index (χ0v) is 14.0. The van der Waals surface area contributed by atoms with Gasteiger partial charge < -0.3 is 15.2 Å². The van der Waals surface area contributed by atoms with Crippen LogP contribution in [-0.2, 0) is 10.0 Å². The highest BCUT2D eigenvalue weighted by atomic mass is 32.2. The molecule has 0 aliphatic carbocycles. The van der Waals surface area contributed by atoms with Crippen LogP contribution in [0, 0.1) is 0 Å². The molecule has 0 saturated carbocycles. The maximum absolute atomic E-state index is 11.2. The molecular formula is C16H16N4O4S. The Balaban J connectivity index is 1.98. The molecule has 3 rings (SSSR count). The van der Waals surface area contributed by atoms with Gasteiger partial charge in [-0.15, -0.1) is 5.11 Å². The Morgan fingerprint density at radius 3 is 2.40 bits per heavy atom. The monoisotopic (exact) mass is 360 g/mol. The van der Waals surface area contributed by atoms with Crippen LogP contribution in [0.15, 0.2) is 57.6 Å². The van der Waals surface area contributed by atoms with Crippen molar-refractivity contribution in [3.8, 4) is 5.88 Å². The molecule has 0 aliphatic rings. The molecule has 0 fully saturated rings. The Morgan fingerprint density at radius 2 is 1.80 bits per heavy atom. The van der Waals surface area contributed by atoms with Crippen molar-refractivity contribution in [2.75, 3.05) is 0 Å². The van der Waals surface area contributed by atoms with Crippen molar-refractivity contribution >= 4 is 32.3 Å². The first-order valence-corrected chi connectivity index (χ1v) is 8.87. The molecule has 1 atom stereocenters. The quantitative estimate of drug-likeness (QED) is 0.531. The molecular weight excluding hydrogens is 344 g/mol. The average molecular weight is 360 g/mol. The number of rotatable bonds is 4. The Labute approximate surface area is 143 Å². The number of nitrogens with zero attached hydrogens (tertiary/aromatic N) is 2. The van der Waals surface area contributed by atoms with Gasteiger partial charge in [0.1, 0.15) is 0 Å². The third kappa shape index (κ3) is 3.53. The first-order valence-electron chi connectivity index (χ1n) is 7.33. The lowest BCUT2D eigenvalue weighted by atomic mass is 10.1. The standard InChI is InChI=1S/C16H16N4O4S/c1-9(21)10-2-7-14-13(8-10)15(16(22)18-14)20-19-11-3-5-12(6-4-11)25(17,23)24/h2-9,18,21-22H,1H3,(H2,17,23,24). The maximum atomic E-state index is 11.2. The number of aromatic nitrogens is 1. The van der Waals surface area contributed by atoms with Gasteiger partial charge in [-0.1, -0.05) is 6.07 Å². The van der Waals surface area contributed by atoms with Gasteiger partial charge in [-0.3, -0.25) is 0 Å². The van der Waals surface area contributed by atoms with E-state index in [-0.39, 0.29) is 16.5 Å². The Bertz CT molecular complexity index is 1050. The Morgan fingerprint density at radius 1 is 1.12 bits per heavy atom. The summed E-state index contributed by atoms with van der Waals surface area (Å²) in [6, 6.07) is 10.8. The van der Waals surface area contributed by atoms with E-state index in [4.69, 9.17) is 5.14 Å². The number of fused-ring (bicyclic) bond motifs is 1. The molecule has 0 saturated heterocycles. The molecule has 130 valence electrons. The van der Waals surface area contributed by atoms with Crippen molar-refractivity contribution in [1.29, 1.82) is 0 Å². The molecule has 1 unspecified atom stereocenters. The first-order chi connectivity index (χ1) is 11.8. The lowest BCUT2D eigenvalue weighted by molar-refractivity contribution is 0.199. The molecule has 0 bridgehead atoms. The van der Waals surface area contributed by atoms with Gasteiger partial charge in [-0.2, -0.15) is 5.11 Å². The fourth-order valence-corrected chi connectivity index (χ4v) is 2.87. The molecule has 3 aromatic rings. The molecule has 0 radical (unpaired) electrons. The van der Waals surface area contributed by atoms with Crippen molar-refractivity contribution in [3.63, 3.8) is 0 Å². The second-order valence-corrected chi connectivity index (χ2v) is 7.10.